The van der Waals surface area contributed by atoms with E-state index in [0.29, 0.717) is 11.1 Å². The maximum absolute atomic E-state index is 10.7. The summed E-state index contributed by atoms with van der Waals surface area (Å²) in [7, 11) is 0. The van der Waals surface area contributed by atoms with Gasteiger partial charge in [-0.05, 0) is 17.5 Å². The molecule has 15 heavy (non-hydrogen) atoms. The Kier molecular flexibility index (Phi) is 2.91. The molecule has 0 saturated heterocycles. The summed E-state index contributed by atoms with van der Waals surface area (Å²) >= 11 is 1.60. The average molecular weight is 213 g/mol. The van der Waals surface area contributed by atoms with E-state index < -0.39 is 0 Å². The molecule has 0 bridgehead atoms. The van der Waals surface area contributed by atoms with E-state index in [-0.39, 0.29) is 0 Å². The molecule has 0 radical (unpaired) electrons. The van der Waals surface area contributed by atoms with Crippen LogP contribution in [0.15, 0.2) is 35.3 Å². The molecule has 72 valence electrons. The highest BCUT2D eigenvalue weighted by molar-refractivity contribution is 7.08. The first kappa shape index (κ1) is 9.63. The predicted octanol–water partition coefficient (Wildman–Crippen LogP) is 2.36. The van der Waals surface area contributed by atoms with E-state index in [0.717, 1.165) is 11.8 Å². The van der Waals surface area contributed by atoms with Gasteiger partial charge >= 0.3 is 0 Å². The molecule has 0 aliphatic carbocycles. The fourth-order valence-electron chi connectivity index (χ4n) is 1.09. The Morgan fingerprint density at radius 2 is 2.27 bits per heavy atom. The topological polar surface area (TPSA) is 30.0 Å². The molecule has 0 saturated carbocycles. The van der Waals surface area contributed by atoms with Crippen molar-refractivity contribution in [2.75, 3.05) is 0 Å². The van der Waals surface area contributed by atoms with Crippen LogP contribution in [-0.2, 0) is 0 Å². The lowest BCUT2D eigenvalue weighted by Gasteiger charge is -1.92. The molecule has 0 aliphatic rings. The Morgan fingerprint density at radius 1 is 1.33 bits per heavy atom. The lowest BCUT2D eigenvalue weighted by atomic mass is 10.1. The van der Waals surface area contributed by atoms with Gasteiger partial charge in [0, 0.05) is 28.9 Å². The molecule has 0 aliphatic heterocycles. The normalized spacial score (nSPS) is 9.07. The van der Waals surface area contributed by atoms with Crippen LogP contribution in [0.4, 0.5) is 0 Å². The standard InChI is InChI=1S/C12H7NOS/c14-8-12-3-5-13-7-11(12)2-1-10-4-6-15-9-10/h3-9H. The Morgan fingerprint density at radius 3 is 3.00 bits per heavy atom. The Labute approximate surface area is 91.6 Å². The molecule has 2 aromatic heterocycles. The van der Waals surface area contributed by atoms with Gasteiger partial charge < -0.3 is 0 Å². The second kappa shape index (κ2) is 4.54. The van der Waals surface area contributed by atoms with E-state index in [2.05, 4.69) is 16.8 Å². The second-order valence-electron chi connectivity index (χ2n) is 2.84. The van der Waals surface area contributed by atoms with Crippen molar-refractivity contribution in [2.45, 2.75) is 0 Å². The van der Waals surface area contributed by atoms with Gasteiger partial charge in [-0.3, -0.25) is 9.78 Å². The summed E-state index contributed by atoms with van der Waals surface area (Å²) in [4.78, 5) is 14.6. The molecule has 0 amide bonds. The molecular formula is C12H7NOS. The van der Waals surface area contributed by atoms with Crippen molar-refractivity contribution in [1.29, 1.82) is 0 Å². The highest BCUT2D eigenvalue weighted by atomic mass is 32.1. The van der Waals surface area contributed by atoms with Crippen LogP contribution < -0.4 is 0 Å². The number of aromatic nitrogens is 1. The zero-order valence-corrected chi connectivity index (χ0v) is 8.62. The molecule has 2 aromatic rings. The van der Waals surface area contributed by atoms with Gasteiger partial charge in [0.15, 0.2) is 6.29 Å². The number of pyridine rings is 1. The summed E-state index contributed by atoms with van der Waals surface area (Å²) < 4.78 is 0. The largest absolute Gasteiger partial charge is 0.298 e. The predicted molar refractivity (Wildman–Crippen MR) is 59.9 cm³/mol. The number of hydrogen-bond acceptors (Lipinski definition) is 3. The van der Waals surface area contributed by atoms with Crippen LogP contribution in [0.1, 0.15) is 21.5 Å². The number of thiophene rings is 1. The monoisotopic (exact) mass is 213 g/mol. The summed E-state index contributed by atoms with van der Waals surface area (Å²) in [6.07, 6.45) is 3.97. The van der Waals surface area contributed by atoms with Crippen LogP contribution in [0.5, 0.6) is 0 Å². The molecule has 0 atom stereocenters. The van der Waals surface area contributed by atoms with Gasteiger partial charge in [0.1, 0.15) is 0 Å². The third-order valence-electron chi connectivity index (χ3n) is 1.84. The molecule has 3 heteroatoms. The number of nitrogens with zero attached hydrogens (tertiary/aromatic N) is 1. The fraction of sp³-hybridized carbons (Fsp3) is 0. The molecule has 0 aromatic carbocycles. The van der Waals surface area contributed by atoms with Crippen LogP contribution >= 0.6 is 11.3 Å². The third-order valence-corrected chi connectivity index (χ3v) is 2.53. The smallest absolute Gasteiger partial charge is 0.151 e. The van der Waals surface area contributed by atoms with Crippen LogP contribution in [0.2, 0.25) is 0 Å². The molecule has 0 fully saturated rings. The summed E-state index contributed by atoms with van der Waals surface area (Å²) in [6, 6.07) is 3.60. The Bertz CT molecular complexity index is 520. The number of rotatable bonds is 1. The van der Waals surface area contributed by atoms with Crippen LogP contribution in [0.3, 0.4) is 0 Å². The molecule has 2 nitrogen and oxygen atoms in total. The van der Waals surface area contributed by atoms with E-state index in [1.54, 1.807) is 29.8 Å². The van der Waals surface area contributed by atoms with Gasteiger partial charge in [-0.1, -0.05) is 11.8 Å². The van der Waals surface area contributed by atoms with E-state index >= 15 is 0 Å². The first-order valence-electron chi connectivity index (χ1n) is 4.33. The SMILES string of the molecule is O=Cc1ccncc1C#Cc1ccsc1. The zero-order chi connectivity index (χ0) is 10.5. The Hall–Kier alpha value is -1.92. The second-order valence-corrected chi connectivity index (χ2v) is 3.62. The molecule has 0 unspecified atom stereocenters. The lowest BCUT2D eigenvalue weighted by Crippen LogP contribution is -1.87. The van der Waals surface area contributed by atoms with Gasteiger partial charge in [0.25, 0.3) is 0 Å². The average Bonchev–Trinajstić information content (AvgIpc) is 2.79. The Balaban J connectivity index is 2.35. The third kappa shape index (κ3) is 2.30. The maximum atomic E-state index is 10.7. The number of hydrogen-bond donors (Lipinski definition) is 0. The van der Waals surface area contributed by atoms with Crippen molar-refractivity contribution < 1.29 is 4.79 Å². The van der Waals surface area contributed by atoms with Crippen LogP contribution in [0, 0.1) is 11.8 Å². The summed E-state index contributed by atoms with van der Waals surface area (Å²) in [5.74, 6) is 5.91. The molecular weight excluding hydrogens is 206 g/mol. The zero-order valence-electron chi connectivity index (χ0n) is 7.81. The molecule has 2 rings (SSSR count). The van der Waals surface area contributed by atoms with Gasteiger partial charge in [-0.2, -0.15) is 11.3 Å². The van der Waals surface area contributed by atoms with Crippen LogP contribution in [-0.4, -0.2) is 11.3 Å². The summed E-state index contributed by atoms with van der Waals surface area (Å²) in [6.45, 7) is 0. The minimum Gasteiger partial charge on any atom is -0.298 e. The van der Waals surface area contributed by atoms with Crippen molar-refractivity contribution in [3.8, 4) is 11.8 Å². The van der Waals surface area contributed by atoms with Gasteiger partial charge in [0.2, 0.25) is 0 Å². The fourth-order valence-corrected chi connectivity index (χ4v) is 1.68. The summed E-state index contributed by atoms with van der Waals surface area (Å²) in [5, 5.41) is 3.93. The lowest BCUT2D eigenvalue weighted by molar-refractivity contribution is 0.112. The van der Waals surface area contributed by atoms with E-state index in [9.17, 15) is 4.79 Å². The number of carbonyl (C=O) groups is 1. The molecule has 2 heterocycles. The maximum Gasteiger partial charge on any atom is 0.151 e. The van der Waals surface area contributed by atoms with Gasteiger partial charge in [0.05, 0.1) is 5.56 Å². The van der Waals surface area contributed by atoms with Crippen molar-refractivity contribution in [3.05, 3.63) is 52.0 Å². The van der Waals surface area contributed by atoms with Crippen molar-refractivity contribution >= 4 is 17.6 Å². The number of carbonyl (C=O) groups excluding carboxylic acids is 1. The van der Waals surface area contributed by atoms with Gasteiger partial charge in [-0.25, -0.2) is 0 Å². The van der Waals surface area contributed by atoms with E-state index in [1.165, 1.54) is 0 Å². The summed E-state index contributed by atoms with van der Waals surface area (Å²) in [5.41, 5.74) is 2.20. The molecule has 0 spiro atoms. The van der Waals surface area contributed by atoms with Crippen molar-refractivity contribution in [3.63, 3.8) is 0 Å². The van der Waals surface area contributed by atoms with E-state index in [4.69, 9.17) is 0 Å². The van der Waals surface area contributed by atoms with E-state index in [1.807, 2.05) is 16.8 Å². The minimum atomic E-state index is 0.577. The quantitative estimate of drug-likeness (QED) is 0.537. The molecule has 0 N–H and O–H groups in total. The highest BCUT2D eigenvalue weighted by Crippen LogP contribution is 2.05. The minimum absolute atomic E-state index is 0.577. The van der Waals surface area contributed by atoms with Crippen molar-refractivity contribution in [2.24, 2.45) is 0 Å². The highest BCUT2D eigenvalue weighted by Gasteiger charge is 1.96. The number of aldehydes is 1. The van der Waals surface area contributed by atoms with Crippen LogP contribution in [0.25, 0.3) is 0 Å². The van der Waals surface area contributed by atoms with Gasteiger partial charge in [-0.15, -0.1) is 0 Å². The first-order valence-corrected chi connectivity index (χ1v) is 5.28. The van der Waals surface area contributed by atoms with Crippen molar-refractivity contribution in [1.82, 2.24) is 4.98 Å². The first-order chi connectivity index (χ1) is 7.40.